The third-order valence-electron chi connectivity index (χ3n) is 4.63. The maximum absolute atomic E-state index is 12.4. The molecule has 1 aromatic heterocycles. The summed E-state index contributed by atoms with van der Waals surface area (Å²) in [5.74, 6) is 0.828. The van der Waals surface area contributed by atoms with E-state index in [0.29, 0.717) is 13.2 Å². The summed E-state index contributed by atoms with van der Waals surface area (Å²) in [6, 6.07) is 14.2. The van der Waals surface area contributed by atoms with E-state index in [-0.39, 0.29) is 5.91 Å². The van der Waals surface area contributed by atoms with Crippen molar-refractivity contribution in [1.29, 1.82) is 0 Å². The summed E-state index contributed by atoms with van der Waals surface area (Å²) in [5.41, 5.74) is 1.52. The van der Waals surface area contributed by atoms with Crippen molar-refractivity contribution in [2.45, 2.75) is 38.5 Å². The second-order valence-electron chi connectivity index (χ2n) is 6.69. The van der Waals surface area contributed by atoms with E-state index in [0.717, 1.165) is 30.8 Å². The van der Waals surface area contributed by atoms with Gasteiger partial charge in [-0.1, -0.05) is 36.4 Å². The summed E-state index contributed by atoms with van der Waals surface area (Å²) in [7, 11) is 2.02. The number of nitrogens with zero attached hydrogens (tertiary/aromatic N) is 2. The van der Waals surface area contributed by atoms with E-state index in [1.54, 1.807) is 6.20 Å². The molecule has 1 aromatic carbocycles. The highest BCUT2D eigenvalue weighted by Crippen LogP contribution is 2.25. The molecule has 0 bridgehead atoms. The van der Waals surface area contributed by atoms with Crippen LogP contribution in [0.4, 0.5) is 5.82 Å². The molecule has 25 heavy (non-hydrogen) atoms. The molecule has 0 saturated carbocycles. The minimum Gasteiger partial charge on any atom is -0.365 e. The van der Waals surface area contributed by atoms with Gasteiger partial charge in [-0.3, -0.25) is 4.79 Å². The first kappa shape index (κ1) is 17.4. The largest absolute Gasteiger partial charge is 0.365 e. The Kier molecular flexibility index (Phi) is 5.34. The van der Waals surface area contributed by atoms with Crippen LogP contribution in [0, 0.1) is 0 Å². The van der Waals surface area contributed by atoms with Gasteiger partial charge in [0.15, 0.2) is 0 Å². The van der Waals surface area contributed by atoms with Crippen LogP contribution in [0.25, 0.3) is 0 Å². The Labute approximate surface area is 149 Å². The highest BCUT2D eigenvalue weighted by molar-refractivity contribution is 5.85. The lowest BCUT2D eigenvalue weighted by Crippen LogP contribution is -2.43. The maximum atomic E-state index is 12.4. The molecule has 1 aliphatic heterocycles. The third-order valence-corrected chi connectivity index (χ3v) is 4.63. The van der Waals surface area contributed by atoms with Crippen LogP contribution >= 0.6 is 0 Å². The first-order valence-corrected chi connectivity index (χ1v) is 8.70. The Morgan fingerprint density at radius 2 is 2.08 bits per heavy atom. The third kappa shape index (κ3) is 4.17. The van der Waals surface area contributed by atoms with Crippen molar-refractivity contribution in [1.82, 2.24) is 10.3 Å². The molecule has 2 aromatic rings. The van der Waals surface area contributed by atoms with E-state index in [1.807, 2.05) is 44.3 Å². The number of rotatable bonds is 6. The van der Waals surface area contributed by atoms with Crippen molar-refractivity contribution in [3.63, 3.8) is 0 Å². The zero-order chi connectivity index (χ0) is 17.7. The predicted octanol–water partition coefficient (Wildman–Crippen LogP) is 2.90. The molecule has 1 fully saturated rings. The van der Waals surface area contributed by atoms with Gasteiger partial charge in [0.25, 0.3) is 5.91 Å². The summed E-state index contributed by atoms with van der Waals surface area (Å²) in [6.45, 7) is 3.72. The Morgan fingerprint density at radius 3 is 2.80 bits per heavy atom. The zero-order valence-electron chi connectivity index (χ0n) is 14.9. The molecule has 1 aliphatic rings. The molecule has 1 N–H and O–H groups in total. The fraction of sp³-hybridized carbons (Fsp3) is 0.400. The van der Waals surface area contributed by atoms with Gasteiger partial charge >= 0.3 is 0 Å². The van der Waals surface area contributed by atoms with Crippen LogP contribution in [0.2, 0.25) is 0 Å². The first-order valence-electron chi connectivity index (χ1n) is 8.70. The maximum Gasteiger partial charge on any atom is 0.252 e. The van der Waals surface area contributed by atoms with E-state index in [9.17, 15) is 4.79 Å². The normalized spacial score (nSPS) is 19.6. The summed E-state index contributed by atoms with van der Waals surface area (Å²) >= 11 is 0. The summed E-state index contributed by atoms with van der Waals surface area (Å²) < 4.78 is 5.61. The van der Waals surface area contributed by atoms with Crippen LogP contribution in [0.15, 0.2) is 48.7 Å². The number of nitrogens with one attached hydrogen (secondary N) is 1. The number of anilines is 1. The predicted molar refractivity (Wildman–Crippen MR) is 98.2 cm³/mol. The average Bonchev–Trinajstić information content (AvgIpc) is 3.08. The van der Waals surface area contributed by atoms with E-state index >= 15 is 0 Å². The van der Waals surface area contributed by atoms with Crippen LogP contribution in [0.5, 0.6) is 0 Å². The second kappa shape index (κ2) is 7.66. The van der Waals surface area contributed by atoms with E-state index in [4.69, 9.17) is 4.74 Å². The molecule has 0 radical (unpaired) electrons. The number of carbonyl (C=O) groups excluding carboxylic acids is 1. The van der Waals surface area contributed by atoms with Gasteiger partial charge in [-0.2, -0.15) is 0 Å². The topological polar surface area (TPSA) is 54.5 Å². The molecule has 1 unspecified atom stereocenters. The van der Waals surface area contributed by atoms with Crippen molar-refractivity contribution in [2.24, 2.45) is 0 Å². The highest BCUT2D eigenvalue weighted by atomic mass is 16.5. The van der Waals surface area contributed by atoms with Gasteiger partial charge in [-0.25, -0.2) is 4.98 Å². The lowest BCUT2D eigenvalue weighted by molar-refractivity contribution is -0.139. The molecule has 5 heteroatoms. The minimum atomic E-state index is -0.696. The Morgan fingerprint density at radius 1 is 1.28 bits per heavy atom. The Bertz CT molecular complexity index is 712. The molecular formula is C20H25N3O2. The molecule has 2 heterocycles. The molecule has 1 amide bonds. The van der Waals surface area contributed by atoms with E-state index in [2.05, 4.69) is 27.3 Å². The lowest BCUT2D eigenvalue weighted by Gasteiger charge is -2.24. The van der Waals surface area contributed by atoms with Gasteiger partial charge in [0.2, 0.25) is 0 Å². The Balaban J connectivity index is 1.67. The van der Waals surface area contributed by atoms with Crippen LogP contribution in [0.3, 0.4) is 0 Å². The standard InChI is InChI=1S/C20H25N3O2/c1-20(11-7-13-25-20)19(24)22-14-17-10-6-12-21-18(17)23(2)15-16-8-4-3-5-9-16/h3-6,8-10,12H,7,11,13-15H2,1-2H3,(H,22,24). The molecule has 1 saturated heterocycles. The number of hydrogen-bond acceptors (Lipinski definition) is 4. The summed E-state index contributed by atoms with van der Waals surface area (Å²) in [5, 5.41) is 3.01. The summed E-state index contributed by atoms with van der Waals surface area (Å²) in [4.78, 5) is 19.1. The van der Waals surface area contributed by atoms with Crippen molar-refractivity contribution in [3.05, 3.63) is 59.8 Å². The average molecular weight is 339 g/mol. The SMILES string of the molecule is CN(Cc1ccccc1)c1ncccc1CNC(=O)C1(C)CCCO1. The van der Waals surface area contributed by atoms with E-state index in [1.165, 1.54) is 5.56 Å². The number of ether oxygens (including phenoxy) is 1. The number of pyridine rings is 1. The van der Waals surface area contributed by atoms with Crippen LogP contribution < -0.4 is 10.2 Å². The first-order chi connectivity index (χ1) is 12.1. The van der Waals surface area contributed by atoms with Crippen molar-refractivity contribution in [2.75, 3.05) is 18.6 Å². The number of carbonyl (C=O) groups is 1. The fourth-order valence-corrected chi connectivity index (χ4v) is 3.16. The molecule has 0 aliphatic carbocycles. The molecule has 0 spiro atoms. The molecule has 3 rings (SSSR count). The Hall–Kier alpha value is -2.40. The summed E-state index contributed by atoms with van der Waals surface area (Å²) in [6.07, 6.45) is 3.48. The van der Waals surface area contributed by atoms with Crippen LogP contribution in [0.1, 0.15) is 30.9 Å². The lowest BCUT2D eigenvalue weighted by atomic mass is 10.0. The molecular weight excluding hydrogens is 314 g/mol. The minimum absolute atomic E-state index is 0.0504. The zero-order valence-corrected chi connectivity index (χ0v) is 14.9. The second-order valence-corrected chi connectivity index (χ2v) is 6.69. The van der Waals surface area contributed by atoms with E-state index < -0.39 is 5.60 Å². The fourth-order valence-electron chi connectivity index (χ4n) is 3.16. The number of benzene rings is 1. The highest BCUT2D eigenvalue weighted by Gasteiger charge is 2.37. The van der Waals surface area contributed by atoms with Gasteiger partial charge in [0.05, 0.1) is 0 Å². The van der Waals surface area contributed by atoms with Gasteiger partial charge in [0.1, 0.15) is 11.4 Å². The number of hydrogen-bond donors (Lipinski definition) is 1. The van der Waals surface area contributed by atoms with Crippen molar-refractivity contribution >= 4 is 11.7 Å². The van der Waals surface area contributed by atoms with Crippen molar-refractivity contribution < 1.29 is 9.53 Å². The monoisotopic (exact) mass is 339 g/mol. The molecule has 5 nitrogen and oxygen atoms in total. The van der Waals surface area contributed by atoms with Gasteiger partial charge in [0, 0.05) is 38.5 Å². The quantitative estimate of drug-likeness (QED) is 0.879. The van der Waals surface area contributed by atoms with Gasteiger partial charge < -0.3 is 15.0 Å². The molecule has 132 valence electrons. The van der Waals surface area contributed by atoms with Gasteiger partial charge in [-0.05, 0) is 31.4 Å². The molecule has 1 atom stereocenters. The van der Waals surface area contributed by atoms with Crippen molar-refractivity contribution in [3.8, 4) is 0 Å². The number of aromatic nitrogens is 1. The van der Waals surface area contributed by atoms with Crippen LogP contribution in [-0.4, -0.2) is 30.1 Å². The smallest absolute Gasteiger partial charge is 0.252 e. The number of amides is 1. The van der Waals surface area contributed by atoms with Gasteiger partial charge in [-0.15, -0.1) is 0 Å². The van der Waals surface area contributed by atoms with Crippen LogP contribution in [-0.2, 0) is 22.6 Å².